The van der Waals surface area contributed by atoms with E-state index in [1.54, 1.807) is 24.5 Å². The van der Waals surface area contributed by atoms with Gasteiger partial charge in [-0.1, -0.05) is 6.07 Å². The van der Waals surface area contributed by atoms with Crippen LogP contribution in [0.2, 0.25) is 0 Å². The van der Waals surface area contributed by atoms with Gasteiger partial charge in [-0.3, -0.25) is 4.79 Å². The number of piperazine rings is 1. The second-order valence-electron chi connectivity index (χ2n) is 5.87. The summed E-state index contributed by atoms with van der Waals surface area (Å²) in [7, 11) is 0. The summed E-state index contributed by atoms with van der Waals surface area (Å²) in [4.78, 5) is 20.8. The fourth-order valence-corrected chi connectivity index (χ4v) is 2.68. The van der Waals surface area contributed by atoms with Crippen LogP contribution in [0, 0.1) is 11.3 Å². The number of aromatic nitrogens is 1. The fraction of sp³-hybridized carbons (Fsp3) is 0.211. The average Bonchev–Trinajstić information content (AvgIpc) is 2.69. The molecule has 7 heteroatoms. The molecule has 1 aromatic carbocycles. The normalized spacial score (nSPS) is 14.7. The number of amides is 1. The number of hydrogen-bond acceptors (Lipinski definition) is 6. The minimum atomic E-state index is -0.467. The molecule has 0 atom stereocenters. The first kappa shape index (κ1) is 17.3. The van der Waals surface area contributed by atoms with Crippen molar-refractivity contribution in [3.63, 3.8) is 0 Å². The molecular formula is C19H19N5O2. The third-order valence-corrected chi connectivity index (χ3v) is 4.09. The maximum Gasteiger partial charge on any atom is 0.267 e. The molecular weight excluding hydrogens is 330 g/mol. The lowest BCUT2D eigenvalue weighted by Gasteiger charge is -2.34. The van der Waals surface area contributed by atoms with E-state index in [1.807, 2.05) is 29.2 Å². The highest BCUT2D eigenvalue weighted by molar-refractivity contribution is 6.06. The number of anilines is 2. The van der Waals surface area contributed by atoms with Crippen LogP contribution in [-0.2, 0) is 4.79 Å². The van der Waals surface area contributed by atoms with Crippen molar-refractivity contribution in [1.29, 1.82) is 5.26 Å². The lowest BCUT2D eigenvalue weighted by atomic mass is 10.2. The van der Waals surface area contributed by atoms with Gasteiger partial charge in [0, 0.05) is 44.3 Å². The first-order valence-corrected chi connectivity index (χ1v) is 8.28. The maximum atomic E-state index is 12.3. The number of nitriles is 1. The quantitative estimate of drug-likeness (QED) is 0.498. The maximum absolute atomic E-state index is 12.3. The summed E-state index contributed by atoms with van der Waals surface area (Å²) in [6, 6.07) is 13.9. The predicted molar refractivity (Wildman–Crippen MR) is 98.5 cm³/mol. The van der Waals surface area contributed by atoms with E-state index in [0.717, 1.165) is 18.9 Å². The van der Waals surface area contributed by atoms with E-state index in [9.17, 15) is 15.2 Å². The topological polar surface area (TPSA) is 92.5 Å². The van der Waals surface area contributed by atoms with E-state index < -0.39 is 5.91 Å². The highest BCUT2D eigenvalue weighted by atomic mass is 16.3. The molecule has 1 fully saturated rings. The molecule has 1 aliphatic rings. The summed E-state index contributed by atoms with van der Waals surface area (Å²) in [5, 5.41) is 21.2. The van der Waals surface area contributed by atoms with Crippen molar-refractivity contribution in [3.05, 3.63) is 60.4 Å². The van der Waals surface area contributed by atoms with Crippen LogP contribution in [-0.4, -0.2) is 47.1 Å². The van der Waals surface area contributed by atoms with E-state index >= 15 is 0 Å². The summed E-state index contributed by atoms with van der Waals surface area (Å²) in [5.41, 5.74) is 0.568. The van der Waals surface area contributed by atoms with Gasteiger partial charge in [0.15, 0.2) is 0 Å². The Hall–Kier alpha value is -3.53. The average molecular weight is 349 g/mol. The summed E-state index contributed by atoms with van der Waals surface area (Å²) in [6.07, 6.45) is 3.37. The molecule has 1 aromatic heterocycles. The van der Waals surface area contributed by atoms with Gasteiger partial charge in [-0.25, -0.2) is 4.98 Å². The molecule has 2 heterocycles. The number of carbonyl (C=O) groups is 1. The monoisotopic (exact) mass is 349 g/mol. The van der Waals surface area contributed by atoms with Crippen LogP contribution in [0.25, 0.3) is 0 Å². The van der Waals surface area contributed by atoms with Crippen molar-refractivity contribution in [2.45, 2.75) is 0 Å². The van der Waals surface area contributed by atoms with Gasteiger partial charge in [-0.05, 0) is 36.4 Å². The number of rotatable bonds is 4. The van der Waals surface area contributed by atoms with E-state index in [-0.39, 0.29) is 11.3 Å². The zero-order valence-electron chi connectivity index (χ0n) is 14.2. The second kappa shape index (κ2) is 8.03. The van der Waals surface area contributed by atoms with Crippen LogP contribution < -0.4 is 10.2 Å². The van der Waals surface area contributed by atoms with Crippen LogP contribution in [0.5, 0.6) is 5.75 Å². The predicted octanol–water partition coefficient (Wildman–Crippen LogP) is 1.96. The SMILES string of the molecule is N#C/C(=C/N1CCN(c2ccccn2)CC1)C(=O)Nc1ccc(O)cc1. The first-order chi connectivity index (χ1) is 12.7. The third kappa shape index (κ3) is 4.30. The number of hydrogen-bond donors (Lipinski definition) is 2. The molecule has 0 unspecified atom stereocenters. The molecule has 0 spiro atoms. The molecule has 1 amide bonds. The number of phenolic OH excluding ortho intramolecular Hbond substituents is 1. The van der Waals surface area contributed by atoms with E-state index in [1.165, 1.54) is 12.1 Å². The molecule has 0 saturated carbocycles. The van der Waals surface area contributed by atoms with Crippen LogP contribution in [0.15, 0.2) is 60.4 Å². The molecule has 2 aromatic rings. The highest BCUT2D eigenvalue weighted by Gasteiger charge is 2.18. The Bertz CT molecular complexity index is 819. The molecule has 7 nitrogen and oxygen atoms in total. The second-order valence-corrected chi connectivity index (χ2v) is 5.87. The minimum Gasteiger partial charge on any atom is -0.508 e. The highest BCUT2D eigenvalue weighted by Crippen LogP contribution is 2.16. The molecule has 3 rings (SSSR count). The third-order valence-electron chi connectivity index (χ3n) is 4.09. The van der Waals surface area contributed by atoms with E-state index in [2.05, 4.69) is 15.2 Å². The Balaban J connectivity index is 1.60. The molecule has 0 bridgehead atoms. The molecule has 1 aliphatic heterocycles. The lowest BCUT2D eigenvalue weighted by molar-refractivity contribution is -0.112. The number of phenols is 1. The van der Waals surface area contributed by atoms with Gasteiger partial charge in [0.2, 0.25) is 0 Å². The molecule has 0 aliphatic carbocycles. The lowest BCUT2D eigenvalue weighted by Crippen LogP contribution is -2.44. The van der Waals surface area contributed by atoms with Gasteiger partial charge < -0.3 is 20.2 Å². The Kier molecular flexibility index (Phi) is 5.34. The number of carbonyl (C=O) groups excluding carboxylic acids is 1. The largest absolute Gasteiger partial charge is 0.508 e. The van der Waals surface area contributed by atoms with Gasteiger partial charge >= 0.3 is 0 Å². The molecule has 1 saturated heterocycles. The number of pyridine rings is 1. The Morgan fingerprint density at radius 3 is 2.50 bits per heavy atom. The standard InChI is InChI=1S/C19H19N5O2/c20-13-15(19(26)22-16-4-6-17(25)7-5-16)14-23-9-11-24(12-10-23)18-3-1-2-8-21-18/h1-8,14,25H,9-12H2,(H,22,26)/b15-14-. The van der Waals surface area contributed by atoms with Crippen molar-refractivity contribution in [2.24, 2.45) is 0 Å². The number of aromatic hydroxyl groups is 1. The number of nitrogens with one attached hydrogen (secondary N) is 1. The Labute approximate surface area is 151 Å². The Morgan fingerprint density at radius 1 is 1.15 bits per heavy atom. The van der Waals surface area contributed by atoms with Gasteiger partial charge in [0.25, 0.3) is 5.91 Å². The van der Waals surface area contributed by atoms with Crippen molar-refractivity contribution in [3.8, 4) is 11.8 Å². The van der Waals surface area contributed by atoms with Crippen molar-refractivity contribution < 1.29 is 9.90 Å². The zero-order valence-corrected chi connectivity index (χ0v) is 14.2. The van der Waals surface area contributed by atoms with Gasteiger partial charge in [-0.2, -0.15) is 5.26 Å². The number of benzene rings is 1. The minimum absolute atomic E-state index is 0.0457. The van der Waals surface area contributed by atoms with Crippen molar-refractivity contribution in [1.82, 2.24) is 9.88 Å². The summed E-state index contributed by atoms with van der Waals surface area (Å²) in [6.45, 7) is 2.94. The van der Waals surface area contributed by atoms with E-state index in [4.69, 9.17) is 0 Å². The number of nitrogens with zero attached hydrogens (tertiary/aromatic N) is 4. The van der Waals surface area contributed by atoms with Gasteiger partial charge in [0.05, 0.1) is 0 Å². The molecule has 0 radical (unpaired) electrons. The van der Waals surface area contributed by atoms with Gasteiger partial charge in [0.1, 0.15) is 23.2 Å². The van der Waals surface area contributed by atoms with Gasteiger partial charge in [-0.15, -0.1) is 0 Å². The van der Waals surface area contributed by atoms with Crippen LogP contribution >= 0.6 is 0 Å². The smallest absolute Gasteiger partial charge is 0.267 e. The van der Waals surface area contributed by atoms with Crippen LogP contribution in [0.1, 0.15) is 0 Å². The summed E-state index contributed by atoms with van der Waals surface area (Å²) >= 11 is 0. The fourth-order valence-electron chi connectivity index (χ4n) is 2.68. The Morgan fingerprint density at radius 2 is 1.88 bits per heavy atom. The summed E-state index contributed by atoms with van der Waals surface area (Å²) < 4.78 is 0. The zero-order chi connectivity index (χ0) is 18.4. The summed E-state index contributed by atoms with van der Waals surface area (Å²) in [5.74, 6) is 0.580. The molecule has 132 valence electrons. The molecule has 26 heavy (non-hydrogen) atoms. The molecule has 2 N–H and O–H groups in total. The first-order valence-electron chi connectivity index (χ1n) is 8.28. The van der Waals surface area contributed by atoms with Crippen LogP contribution in [0.3, 0.4) is 0 Å². The van der Waals surface area contributed by atoms with Crippen molar-refractivity contribution in [2.75, 3.05) is 36.4 Å². The van der Waals surface area contributed by atoms with Crippen molar-refractivity contribution >= 4 is 17.4 Å². The van der Waals surface area contributed by atoms with E-state index in [0.29, 0.717) is 18.8 Å². The van der Waals surface area contributed by atoms with Crippen LogP contribution in [0.4, 0.5) is 11.5 Å².